The van der Waals surface area contributed by atoms with Crippen LogP contribution < -0.4 is 4.74 Å². The molecule has 3 aromatic rings. The van der Waals surface area contributed by atoms with Gasteiger partial charge in [-0.3, -0.25) is 0 Å². The highest BCUT2D eigenvalue weighted by molar-refractivity contribution is 6.06. The van der Waals surface area contributed by atoms with Gasteiger partial charge in [0.25, 0.3) is 0 Å². The smallest absolute Gasteiger partial charge is 0.462 e. The van der Waals surface area contributed by atoms with Crippen LogP contribution in [0.2, 0.25) is 0 Å². The summed E-state index contributed by atoms with van der Waals surface area (Å²) in [6, 6.07) is 7.10. The number of alkyl halides is 3. The van der Waals surface area contributed by atoms with Gasteiger partial charge in [0, 0.05) is 5.56 Å². The van der Waals surface area contributed by atoms with Crippen molar-refractivity contribution < 1.29 is 31.9 Å². The third-order valence-corrected chi connectivity index (χ3v) is 3.68. The zero-order valence-electron chi connectivity index (χ0n) is 13.9. The Balaban J connectivity index is 2.05. The molecule has 3 rings (SSSR count). The molecular formula is C18H14F3NO4. The highest BCUT2D eigenvalue weighted by Crippen LogP contribution is 2.34. The molecular weight excluding hydrogens is 351 g/mol. The molecule has 0 fully saturated rings. The van der Waals surface area contributed by atoms with Crippen LogP contribution in [-0.2, 0) is 4.74 Å². The number of aryl methyl sites for hydroxylation is 1. The van der Waals surface area contributed by atoms with E-state index in [-0.39, 0.29) is 23.5 Å². The molecule has 26 heavy (non-hydrogen) atoms. The first-order valence-corrected chi connectivity index (χ1v) is 7.70. The lowest BCUT2D eigenvalue weighted by Crippen LogP contribution is -2.16. The fourth-order valence-corrected chi connectivity index (χ4v) is 2.66. The Labute approximate surface area is 146 Å². The number of nitrogens with zero attached hydrogens (tertiary/aromatic N) is 1. The highest BCUT2D eigenvalue weighted by atomic mass is 19.4. The minimum atomic E-state index is -4.75. The number of rotatable bonds is 4. The number of carbonyl (C=O) groups is 1. The van der Waals surface area contributed by atoms with Crippen LogP contribution in [0, 0.1) is 6.92 Å². The number of aromatic nitrogens is 1. The first-order chi connectivity index (χ1) is 12.3. The Morgan fingerprint density at radius 2 is 1.92 bits per heavy atom. The summed E-state index contributed by atoms with van der Waals surface area (Å²) in [7, 11) is 0. The van der Waals surface area contributed by atoms with Gasteiger partial charge in [-0.25, -0.2) is 9.78 Å². The van der Waals surface area contributed by atoms with E-state index in [0.29, 0.717) is 22.2 Å². The molecule has 5 nitrogen and oxygen atoms in total. The fraction of sp³-hybridized carbons (Fsp3) is 0.222. The van der Waals surface area contributed by atoms with Gasteiger partial charge in [0.2, 0.25) is 0 Å². The number of ether oxygens (including phenoxy) is 2. The van der Waals surface area contributed by atoms with E-state index in [1.54, 1.807) is 19.9 Å². The second-order valence-electron chi connectivity index (χ2n) is 5.44. The van der Waals surface area contributed by atoms with E-state index in [4.69, 9.17) is 9.15 Å². The summed E-state index contributed by atoms with van der Waals surface area (Å²) in [4.78, 5) is 16.3. The molecule has 0 bridgehead atoms. The maximum absolute atomic E-state index is 12.3. The molecule has 0 aliphatic carbocycles. The predicted molar refractivity (Wildman–Crippen MR) is 86.8 cm³/mol. The van der Waals surface area contributed by atoms with Crippen molar-refractivity contribution in [3.63, 3.8) is 0 Å². The maximum Gasteiger partial charge on any atom is 0.573 e. The molecule has 1 heterocycles. The van der Waals surface area contributed by atoms with Crippen LogP contribution in [-0.4, -0.2) is 23.9 Å². The second kappa shape index (κ2) is 6.70. The van der Waals surface area contributed by atoms with Gasteiger partial charge in [0.15, 0.2) is 12.0 Å². The molecule has 0 N–H and O–H groups in total. The monoisotopic (exact) mass is 365 g/mol. The molecule has 1 aromatic heterocycles. The van der Waals surface area contributed by atoms with E-state index in [2.05, 4.69) is 9.72 Å². The number of fused-ring (bicyclic) bond motifs is 1. The first-order valence-electron chi connectivity index (χ1n) is 7.70. The Hall–Kier alpha value is -3.03. The second-order valence-corrected chi connectivity index (χ2v) is 5.44. The Morgan fingerprint density at radius 1 is 1.23 bits per heavy atom. The zero-order chi connectivity index (χ0) is 18.9. The van der Waals surface area contributed by atoms with Gasteiger partial charge in [-0.15, -0.1) is 13.2 Å². The lowest BCUT2D eigenvalue weighted by Gasteiger charge is -2.11. The number of carbonyl (C=O) groups excluding carboxylic acids is 1. The van der Waals surface area contributed by atoms with Crippen molar-refractivity contribution in [2.45, 2.75) is 20.2 Å². The van der Waals surface area contributed by atoms with Crippen molar-refractivity contribution >= 4 is 17.1 Å². The lowest BCUT2D eigenvalue weighted by molar-refractivity contribution is -0.274. The summed E-state index contributed by atoms with van der Waals surface area (Å²) in [6.45, 7) is 3.64. The van der Waals surface area contributed by atoms with Crippen LogP contribution in [0.4, 0.5) is 13.2 Å². The molecule has 0 amide bonds. The molecule has 136 valence electrons. The van der Waals surface area contributed by atoms with E-state index in [9.17, 15) is 18.0 Å². The number of hydrogen-bond acceptors (Lipinski definition) is 5. The van der Waals surface area contributed by atoms with Crippen molar-refractivity contribution in [3.05, 3.63) is 47.9 Å². The quantitative estimate of drug-likeness (QED) is 0.617. The van der Waals surface area contributed by atoms with Crippen molar-refractivity contribution in [2.24, 2.45) is 0 Å². The van der Waals surface area contributed by atoms with Crippen LogP contribution in [0.25, 0.3) is 22.2 Å². The summed E-state index contributed by atoms with van der Waals surface area (Å²) in [5, 5.41) is 0. The molecule has 0 spiro atoms. The standard InChI is InChI=1S/C18H14F3NO4/c1-3-24-17(23)14-10(2)8-13(15-16(14)25-9-22-15)11-4-6-12(7-5-11)26-18(19,20)21/h4-9H,3H2,1-2H3. The molecule has 0 saturated carbocycles. The van der Waals surface area contributed by atoms with E-state index in [1.165, 1.54) is 30.7 Å². The summed E-state index contributed by atoms with van der Waals surface area (Å²) in [5.41, 5.74) is 2.81. The minimum Gasteiger partial charge on any atom is -0.462 e. The number of oxazole rings is 1. The van der Waals surface area contributed by atoms with Crippen LogP contribution >= 0.6 is 0 Å². The number of halogens is 3. The zero-order valence-corrected chi connectivity index (χ0v) is 13.9. The van der Waals surface area contributed by atoms with E-state index in [0.717, 1.165) is 0 Å². The average molecular weight is 365 g/mol. The van der Waals surface area contributed by atoms with Crippen LogP contribution in [0.3, 0.4) is 0 Å². The van der Waals surface area contributed by atoms with Gasteiger partial charge in [0.1, 0.15) is 16.8 Å². The van der Waals surface area contributed by atoms with Gasteiger partial charge in [-0.1, -0.05) is 12.1 Å². The number of esters is 1. The van der Waals surface area contributed by atoms with E-state index in [1.807, 2.05) is 0 Å². The van der Waals surface area contributed by atoms with Crippen LogP contribution in [0.15, 0.2) is 41.1 Å². The molecule has 0 atom stereocenters. The molecule has 0 saturated heterocycles. The molecule has 0 radical (unpaired) electrons. The summed E-state index contributed by atoms with van der Waals surface area (Å²) in [5.74, 6) is -0.843. The predicted octanol–water partition coefficient (Wildman–Crippen LogP) is 4.88. The highest BCUT2D eigenvalue weighted by Gasteiger charge is 2.31. The number of hydrogen-bond donors (Lipinski definition) is 0. The topological polar surface area (TPSA) is 61.6 Å². The Bertz CT molecular complexity index is 945. The molecule has 0 aliphatic rings. The van der Waals surface area contributed by atoms with E-state index < -0.39 is 12.3 Å². The van der Waals surface area contributed by atoms with Crippen LogP contribution in [0.1, 0.15) is 22.8 Å². The summed E-state index contributed by atoms with van der Waals surface area (Å²) < 4.78 is 51.1. The van der Waals surface area contributed by atoms with Gasteiger partial charge < -0.3 is 13.9 Å². The van der Waals surface area contributed by atoms with Crippen molar-refractivity contribution in [1.82, 2.24) is 4.98 Å². The van der Waals surface area contributed by atoms with Gasteiger partial charge in [-0.2, -0.15) is 0 Å². The fourth-order valence-electron chi connectivity index (χ4n) is 2.66. The van der Waals surface area contributed by atoms with Gasteiger partial charge >= 0.3 is 12.3 Å². The molecule has 0 aliphatic heterocycles. The third-order valence-electron chi connectivity index (χ3n) is 3.68. The van der Waals surface area contributed by atoms with Crippen molar-refractivity contribution in [1.29, 1.82) is 0 Å². The third kappa shape index (κ3) is 3.49. The Morgan fingerprint density at radius 3 is 2.54 bits per heavy atom. The lowest BCUT2D eigenvalue weighted by atomic mass is 9.98. The van der Waals surface area contributed by atoms with Crippen molar-refractivity contribution in [2.75, 3.05) is 6.61 Å². The molecule has 2 aromatic carbocycles. The Kier molecular flexibility index (Phi) is 4.58. The molecule has 0 unspecified atom stereocenters. The van der Waals surface area contributed by atoms with Gasteiger partial charge in [-0.05, 0) is 43.2 Å². The van der Waals surface area contributed by atoms with Crippen molar-refractivity contribution in [3.8, 4) is 16.9 Å². The van der Waals surface area contributed by atoms with Crippen LogP contribution in [0.5, 0.6) is 5.75 Å². The maximum atomic E-state index is 12.3. The minimum absolute atomic E-state index is 0.219. The molecule has 8 heteroatoms. The first kappa shape index (κ1) is 17.8. The van der Waals surface area contributed by atoms with Gasteiger partial charge in [0.05, 0.1) is 6.61 Å². The normalized spacial score (nSPS) is 11.6. The average Bonchev–Trinajstić information content (AvgIpc) is 3.02. The van der Waals surface area contributed by atoms with E-state index >= 15 is 0 Å². The summed E-state index contributed by atoms with van der Waals surface area (Å²) >= 11 is 0. The SMILES string of the molecule is CCOC(=O)c1c(C)cc(-c2ccc(OC(F)(F)F)cc2)c2ncoc12. The largest absolute Gasteiger partial charge is 0.573 e. The number of benzene rings is 2. The summed E-state index contributed by atoms with van der Waals surface area (Å²) in [6.07, 6.45) is -3.55.